The summed E-state index contributed by atoms with van der Waals surface area (Å²) in [5, 5.41) is 10.3. The van der Waals surface area contributed by atoms with Crippen LogP contribution in [0.25, 0.3) is 21.7 Å². The fraction of sp³-hybridized carbons (Fsp3) is 0.120. The molecule has 3 aromatic heterocycles. The molecular formula is C25H24N6. The first-order chi connectivity index (χ1) is 15.3. The van der Waals surface area contributed by atoms with Crippen LogP contribution in [0.15, 0.2) is 85.6 Å². The minimum absolute atomic E-state index is 0.0126. The quantitative estimate of drug-likeness (QED) is 0.309. The molecule has 2 aromatic carbocycles. The molecule has 6 heteroatoms. The number of para-hydroxylation sites is 1. The SMILES string of the molecule is N[C@H](CNc1cncc(Nc2cccc3cnccc23)c1)Cc1c[nH]c2ccccc12. The van der Waals surface area contributed by atoms with Gasteiger partial charge in [-0.25, -0.2) is 0 Å². The zero-order valence-corrected chi connectivity index (χ0v) is 17.0. The number of H-pyrrole nitrogens is 1. The molecule has 6 nitrogen and oxygen atoms in total. The van der Waals surface area contributed by atoms with E-state index in [-0.39, 0.29) is 6.04 Å². The lowest BCUT2D eigenvalue weighted by atomic mass is 10.1. The van der Waals surface area contributed by atoms with E-state index in [2.05, 4.69) is 62.1 Å². The van der Waals surface area contributed by atoms with Crippen LogP contribution in [-0.4, -0.2) is 27.5 Å². The predicted octanol–water partition coefficient (Wildman–Crippen LogP) is 4.84. The molecule has 0 aliphatic heterocycles. The average molecular weight is 409 g/mol. The van der Waals surface area contributed by atoms with E-state index >= 15 is 0 Å². The van der Waals surface area contributed by atoms with Crippen LogP contribution in [0.4, 0.5) is 17.1 Å². The molecule has 0 bridgehead atoms. The van der Waals surface area contributed by atoms with Crippen LogP contribution in [0.1, 0.15) is 5.56 Å². The van der Waals surface area contributed by atoms with Crippen molar-refractivity contribution in [1.82, 2.24) is 15.0 Å². The van der Waals surface area contributed by atoms with Gasteiger partial charge in [0.15, 0.2) is 0 Å². The molecule has 3 heterocycles. The van der Waals surface area contributed by atoms with Crippen LogP contribution in [0.2, 0.25) is 0 Å². The predicted molar refractivity (Wildman–Crippen MR) is 128 cm³/mol. The van der Waals surface area contributed by atoms with Crippen molar-refractivity contribution in [2.75, 3.05) is 17.2 Å². The standard InChI is InChI=1S/C25H24N6/c26-19(10-18-13-30-24-6-2-1-5-22(18)24)14-29-20-11-21(16-28-15-20)31-25-7-3-4-17-12-27-9-8-23(17)25/h1-9,11-13,15-16,19,29-31H,10,14,26H2/t19-/m0/s1. The Bertz CT molecular complexity index is 1320. The lowest BCUT2D eigenvalue weighted by Gasteiger charge is -2.15. The number of pyridine rings is 2. The number of fused-ring (bicyclic) bond motifs is 2. The number of rotatable bonds is 7. The van der Waals surface area contributed by atoms with Gasteiger partial charge < -0.3 is 21.4 Å². The van der Waals surface area contributed by atoms with Crippen LogP contribution < -0.4 is 16.4 Å². The highest BCUT2D eigenvalue weighted by atomic mass is 14.9. The first kappa shape index (κ1) is 19.1. The van der Waals surface area contributed by atoms with E-state index in [4.69, 9.17) is 5.73 Å². The van der Waals surface area contributed by atoms with Crippen LogP contribution in [0, 0.1) is 0 Å². The normalized spacial score (nSPS) is 12.2. The Hall–Kier alpha value is -3.90. The van der Waals surface area contributed by atoms with Gasteiger partial charge >= 0.3 is 0 Å². The molecule has 0 aliphatic carbocycles. The molecule has 0 unspecified atom stereocenters. The highest BCUT2D eigenvalue weighted by Crippen LogP contribution is 2.26. The molecule has 1 atom stereocenters. The van der Waals surface area contributed by atoms with Crippen LogP contribution >= 0.6 is 0 Å². The highest BCUT2D eigenvalue weighted by Gasteiger charge is 2.09. The van der Waals surface area contributed by atoms with Crippen LogP contribution in [-0.2, 0) is 6.42 Å². The van der Waals surface area contributed by atoms with Gasteiger partial charge in [-0.2, -0.15) is 0 Å². The zero-order chi connectivity index (χ0) is 21.0. The molecule has 0 amide bonds. The second kappa shape index (κ2) is 8.45. The van der Waals surface area contributed by atoms with Crippen molar-refractivity contribution in [3.8, 4) is 0 Å². The molecule has 31 heavy (non-hydrogen) atoms. The van der Waals surface area contributed by atoms with Gasteiger partial charge in [-0.05, 0) is 36.2 Å². The Kier molecular flexibility index (Phi) is 5.21. The van der Waals surface area contributed by atoms with Gasteiger partial charge in [0.1, 0.15) is 0 Å². The number of nitrogens with two attached hydrogens (primary N) is 1. The van der Waals surface area contributed by atoms with Crippen molar-refractivity contribution in [3.63, 3.8) is 0 Å². The fourth-order valence-electron chi connectivity index (χ4n) is 3.90. The monoisotopic (exact) mass is 408 g/mol. The molecule has 0 fully saturated rings. The summed E-state index contributed by atoms with van der Waals surface area (Å²) in [5.74, 6) is 0. The summed E-state index contributed by atoms with van der Waals surface area (Å²) in [6.07, 6.45) is 10.2. The number of nitrogens with one attached hydrogen (secondary N) is 3. The van der Waals surface area contributed by atoms with Gasteiger partial charge in [0.2, 0.25) is 0 Å². The number of hydrogen-bond acceptors (Lipinski definition) is 5. The third kappa shape index (κ3) is 4.20. The van der Waals surface area contributed by atoms with E-state index in [9.17, 15) is 0 Å². The van der Waals surface area contributed by atoms with E-state index in [1.165, 1.54) is 10.9 Å². The molecule has 5 aromatic rings. The van der Waals surface area contributed by atoms with Gasteiger partial charge in [-0.1, -0.05) is 30.3 Å². The minimum Gasteiger partial charge on any atom is -0.382 e. The zero-order valence-electron chi connectivity index (χ0n) is 17.0. The molecule has 5 N–H and O–H groups in total. The Morgan fingerprint density at radius 1 is 0.903 bits per heavy atom. The lowest BCUT2D eigenvalue weighted by molar-refractivity contribution is 0.702. The maximum absolute atomic E-state index is 6.41. The Labute approximate surface area is 180 Å². The van der Waals surface area contributed by atoms with Crippen LogP contribution in [0.3, 0.4) is 0 Å². The number of anilines is 3. The van der Waals surface area contributed by atoms with Gasteiger partial charge in [-0.15, -0.1) is 0 Å². The van der Waals surface area contributed by atoms with Crippen molar-refractivity contribution in [3.05, 3.63) is 91.1 Å². The molecule has 0 saturated heterocycles. The topological polar surface area (TPSA) is 91.7 Å². The van der Waals surface area contributed by atoms with E-state index in [1.807, 2.05) is 42.9 Å². The first-order valence-corrected chi connectivity index (χ1v) is 10.4. The summed E-state index contributed by atoms with van der Waals surface area (Å²) in [5.41, 5.74) is 11.7. The summed E-state index contributed by atoms with van der Waals surface area (Å²) >= 11 is 0. The van der Waals surface area contributed by atoms with Gasteiger partial charge in [0.05, 0.1) is 23.8 Å². The number of aromatic nitrogens is 3. The number of benzene rings is 2. The second-order valence-electron chi connectivity index (χ2n) is 7.69. The molecule has 154 valence electrons. The van der Waals surface area contributed by atoms with Crippen molar-refractivity contribution >= 4 is 38.7 Å². The van der Waals surface area contributed by atoms with E-state index in [0.717, 1.165) is 39.8 Å². The maximum Gasteiger partial charge on any atom is 0.0591 e. The van der Waals surface area contributed by atoms with Gasteiger partial charge in [0.25, 0.3) is 0 Å². The number of aromatic amines is 1. The Morgan fingerprint density at radius 2 is 1.81 bits per heavy atom. The number of nitrogens with zero attached hydrogens (tertiary/aromatic N) is 2. The second-order valence-corrected chi connectivity index (χ2v) is 7.69. The van der Waals surface area contributed by atoms with Gasteiger partial charge in [-0.3, -0.25) is 9.97 Å². The maximum atomic E-state index is 6.41. The Morgan fingerprint density at radius 3 is 2.77 bits per heavy atom. The van der Waals surface area contributed by atoms with E-state index in [0.29, 0.717) is 6.54 Å². The molecule has 0 saturated carbocycles. The largest absolute Gasteiger partial charge is 0.382 e. The summed E-state index contributed by atoms with van der Waals surface area (Å²) in [4.78, 5) is 11.9. The fourth-order valence-corrected chi connectivity index (χ4v) is 3.90. The van der Waals surface area contributed by atoms with E-state index < -0.39 is 0 Å². The van der Waals surface area contributed by atoms with Crippen LogP contribution in [0.5, 0.6) is 0 Å². The van der Waals surface area contributed by atoms with Crippen molar-refractivity contribution in [2.45, 2.75) is 12.5 Å². The summed E-state index contributed by atoms with van der Waals surface area (Å²) < 4.78 is 0. The summed E-state index contributed by atoms with van der Waals surface area (Å²) in [6, 6.07) is 18.5. The van der Waals surface area contributed by atoms with Crippen molar-refractivity contribution in [1.29, 1.82) is 0 Å². The van der Waals surface area contributed by atoms with Crippen molar-refractivity contribution < 1.29 is 0 Å². The third-order valence-electron chi connectivity index (χ3n) is 5.42. The molecular weight excluding hydrogens is 384 g/mol. The van der Waals surface area contributed by atoms with E-state index in [1.54, 1.807) is 6.20 Å². The number of hydrogen-bond donors (Lipinski definition) is 4. The lowest BCUT2D eigenvalue weighted by Crippen LogP contribution is -2.31. The highest BCUT2D eigenvalue weighted by molar-refractivity contribution is 5.94. The molecule has 0 radical (unpaired) electrons. The average Bonchev–Trinajstić information content (AvgIpc) is 3.21. The molecule has 0 spiro atoms. The summed E-state index contributed by atoms with van der Waals surface area (Å²) in [6.45, 7) is 0.657. The smallest absolute Gasteiger partial charge is 0.0591 e. The minimum atomic E-state index is -0.0126. The summed E-state index contributed by atoms with van der Waals surface area (Å²) in [7, 11) is 0. The first-order valence-electron chi connectivity index (χ1n) is 10.4. The third-order valence-corrected chi connectivity index (χ3v) is 5.42. The van der Waals surface area contributed by atoms with Crippen molar-refractivity contribution in [2.24, 2.45) is 5.73 Å². The Balaban J connectivity index is 1.25. The molecule has 5 rings (SSSR count). The van der Waals surface area contributed by atoms with Gasteiger partial charge in [0, 0.05) is 58.5 Å². The molecule has 0 aliphatic rings.